The summed E-state index contributed by atoms with van der Waals surface area (Å²) in [7, 11) is 3.80. The summed E-state index contributed by atoms with van der Waals surface area (Å²) in [5.41, 5.74) is 2.39. The lowest BCUT2D eigenvalue weighted by Crippen LogP contribution is -2.31. The minimum absolute atomic E-state index is 0.377. The van der Waals surface area contributed by atoms with Gasteiger partial charge in [-0.2, -0.15) is 5.26 Å². The minimum atomic E-state index is -0.491. The van der Waals surface area contributed by atoms with E-state index in [1.807, 2.05) is 38.9 Å². The van der Waals surface area contributed by atoms with Crippen LogP contribution in [0.4, 0.5) is 5.82 Å². The van der Waals surface area contributed by atoms with E-state index >= 15 is 0 Å². The molecule has 0 radical (unpaired) electrons. The molecule has 98 valence electrons. The Morgan fingerprint density at radius 1 is 1.50 bits per heavy atom. The maximum absolute atomic E-state index is 9.75. The van der Waals surface area contributed by atoms with Crippen LogP contribution in [0.15, 0.2) is 6.07 Å². The van der Waals surface area contributed by atoms with Crippen LogP contribution < -0.4 is 5.32 Å². The van der Waals surface area contributed by atoms with E-state index in [0.717, 1.165) is 11.3 Å². The summed E-state index contributed by atoms with van der Waals surface area (Å²) in [4.78, 5) is 6.24. The molecule has 0 aliphatic heterocycles. The fourth-order valence-corrected chi connectivity index (χ4v) is 1.63. The number of aliphatic hydroxyl groups is 1. The number of likely N-dealkylation sites (N-methyl/N-ethyl adjacent to an activating group) is 1. The predicted octanol–water partition coefficient (Wildman–Crippen LogP) is 0.905. The molecule has 2 N–H and O–H groups in total. The molecule has 0 fully saturated rings. The number of hydrogen-bond donors (Lipinski definition) is 2. The van der Waals surface area contributed by atoms with Gasteiger partial charge in [-0.25, -0.2) is 4.98 Å². The third-order valence-electron chi connectivity index (χ3n) is 2.67. The Morgan fingerprint density at radius 3 is 2.72 bits per heavy atom. The number of aliphatic hydroxyl groups excluding tert-OH is 1. The lowest BCUT2D eigenvalue weighted by atomic mass is 10.1. The standard InChI is InChI=1S/C13H20N4O/c1-9-5-11(6-14)13(16-10(9)2)15-7-12(18)8-17(3)4/h5,12,18H,7-8H2,1-4H3,(H,15,16)/t12-/m1/s1. The van der Waals surface area contributed by atoms with E-state index in [1.54, 1.807) is 0 Å². The predicted molar refractivity (Wildman–Crippen MR) is 71.5 cm³/mol. The van der Waals surface area contributed by atoms with Gasteiger partial charge in [0, 0.05) is 18.8 Å². The molecular formula is C13H20N4O. The van der Waals surface area contributed by atoms with Crippen LogP contribution in [0.2, 0.25) is 0 Å². The van der Waals surface area contributed by atoms with E-state index in [0.29, 0.717) is 24.5 Å². The lowest BCUT2D eigenvalue weighted by Gasteiger charge is -2.17. The molecule has 0 aliphatic rings. The maximum Gasteiger partial charge on any atom is 0.144 e. The van der Waals surface area contributed by atoms with E-state index in [4.69, 9.17) is 5.26 Å². The maximum atomic E-state index is 9.75. The molecule has 1 heterocycles. The Kier molecular flexibility index (Phi) is 5.08. The summed E-state index contributed by atoms with van der Waals surface area (Å²) in [5.74, 6) is 0.540. The van der Waals surface area contributed by atoms with Crippen molar-refractivity contribution in [3.05, 3.63) is 22.9 Å². The van der Waals surface area contributed by atoms with Crippen LogP contribution in [-0.4, -0.2) is 48.3 Å². The summed E-state index contributed by atoms with van der Waals surface area (Å²) in [6.07, 6.45) is -0.491. The van der Waals surface area contributed by atoms with Crippen LogP contribution in [0.25, 0.3) is 0 Å². The first-order valence-corrected chi connectivity index (χ1v) is 5.89. The third-order valence-corrected chi connectivity index (χ3v) is 2.67. The number of nitrogens with one attached hydrogen (secondary N) is 1. The normalized spacial score (nSPS) is 12.3. The third kappa shape index (κ3) is 3.99. The highest BCUT2D eigenvalue weighted by Crippen LogP contribution is 2.15. The second-order valence-corrected chi connectivity index (χ2v) is 4.70. The summed E-state index contributed by atoms with van der Waals surface area (Å²) < 4.78 is 0. The van der Waals surface area contributed by atoms with Crippen LogP contribution >= 0.6 is 0 Å². The Labute approximate surface area is 108 Å². The van der Waals surface area contributed by atoms with Gasteiger partial charge in [-0.1, -0.05) is 0 Å². The smallest absolute Gasteiger partial charge is 0.144 e. The van der Waals surface area contributed by atoms with Gasteiger partial charge in [0.05, 0.1) is 11.7 Å². The van der Waals surface area contributed by atoms with Crippen LogP contribution in [0.3, 0.4) is 0 Å². The molecule has 5 heteroatoms. The van der Waals surface area contributed by atoms with Crippen LogP contribution in [-0.2, 0) is 0 Å². The Hall–Kier alpha value is -1.64. The van der Waals surface area contributed by atoms with Gasteiger partial charge in [-0.15, -0.1) is 0 Å². The van der Waals surface area contributed by atoms with Crippen molar-refractivity contribution in [3.63, 3.8) is 0 Å². The fourth-order valence-electron chi connectivity index (χ4n) is 1.63. The van der Waals surface area contributed by atoms with Gasteiger partial charge in [0.1, 0.15) is 11.9 Å². The zero-order valence-corrected chi connectivity index (χ0v) is 11.4. The van der Waals surface area contributed by atoms with Crippen molar-refractivity contribution < 1.29 is 5.11 Å². The molecule has 0 saturated carbocycles. The first kappa shape index (κ1) is 14.4. The zero-order chi connectivity index (χ0) is 13.7. The highest BCUT2D eigenvalue weighted by molar-refractivity contribution is 5.54. The van der Waals surface area contributed by atoms with Gasteiger partial charge in [-0.05, 0) is 39.6 Å². The number of hydrogen-bond acceptors (Lipinski definition) is 5. The van der Waals surface area contributed by atoms with Crippen molar-refractivity contribution in [2.24, 2.45) is 0 Å². The molecule has 1 atom stereocenters. The van der Waals surface area contributed by atoms with E-state index in [1.165, 1.54) is 0 Å². The number of aromatic nitrogens is 1. The summed E-state index contributed by atoms with van der Waals surface area (Å²) >= 11 is 0. The van der Waals surface area contributed by atoms with Gasteiger partial charge in [-0.3, -0.25) is 0 Å². The van der Waals surface area contributed by atoms with Crippen molar-refractivity contribution >= 4 is 5.82 Å². The van der Waals surface area contributed by atoms with Gasteiger partial charge in [0.2, 0.25) is 0 Å². The van der Waals surface area contributed by atoms with Crippen LogP contribution in [0.5, 0.6) is 0 Å². The average Bonchev–Trinajstić information content (AvgIpc) is 2.29. The molecular weight excluding hydrogens is 228 g/mol. The highest BCUT2D eigenvalue weighted by atomic mass is 16.3. The molecule has 0 spiro atoms. The molecule has 0 bridgehead atoms. The summed E-state index contributed by atoms with van der Waals surface area (Å²) in [5, 5.41) is 21.8. The lowest BCUT2D eigenvalue weighted by molar-refractivity contribution is 0.148. The van der Waals surface area contributed by atoms with Crippen molar-refractivity contribution in [1.29, 1.82) is 5.26 Å². The number of aryl methyl sites for hydroxylation is 2. The van der Waals surface area contributed by atoms with Crippen molar-refractivity contribution in [3.8, 4) is 6.07 Å². The van der Waals surface area contributed by atoms with Crippen molar-refractivity contribution in [2.45, 2.75) is 20.0 Å². The second kappa shape index (κ2) is 6.34. The molecule has 5 nitrogen and oxygen atoms in total. The fraction of sp³-hybridized carbons (Fsp3) is 0.538. The van der Waals surface area contributed by atoms with Crippen LogP contribution in [0, 0.1) is 25.2 Å². The topological polar surface area (TPSA) is 72.2 Å². The number of rotatable bonds is 5. The van der Waals surface area contributed by atoms with Crippen molar-refractivity contribution in [1.82, 2.24) is 9.88 Å². The summed E-state index contributed by atoms with van der Waals surface area (Å²) in [6.45, 7) is 4.77. The molecule has 0 aromatic carbocycles. The van der Waals surface area contributed by atoms with Gasteiger partial charge in [0.15, 0.2) is 0 Å². The largest absolute Gasteiger partial charge is 0.390 e. The molecule has 0 aliphatic carbocycles. The second-order valence-electron chi connectivity index (χ2n) is 4.70. The van der Waals surface area contributed by atoms with Gasteiger partial charge >= 0.3 is 0 Å². The Morgan fingerprint density at radius 2 is 2.17 bits per heavy atom. The first-order chi connectivity index (χ1) is 8.43. The molecule has 1 rings (SSSR count). The summed E-state index contributed by atoms with van der Waals surface area (Å²) in [6, 6.07) is 3.92. The van der Waals surface area contributed by atoms with Crippen molar-refractivity contribution in [2.75, 3.05) is 32.5 Å². The monoisotopic (exact) mass is 248 g/mol. The first-order valence-electron chi connectivity index (χ1n) is 5.89. The van der Waals surface area contributed by atoms with Crippen LogP contribution in [0.1, 0.15) is 16.8 Å². The highest BCUT2D eigenvalue weighted by Gasteiger charge is 2.10. The van der Waals surface area contributed by atoms with E-state index in [2.05, 4.69) is 16.4 Å². The molecule has 1 aromatic rings. The minimum Gasteiger partial charge on any atom is -0.390 e. The molecule has 0 unspecified atom stereocenters. The van der Waals surface area contributed by atoms with E-state index in [9.17, 15) is 5.11 Å². The molecule has 0 saturated heterocycles. The zero-order valence-electron chi connectivity index (χ0n) is 11.4. The Balaban J connectivity index is 2.73. The van der Waals surface area contributed by atoms with Gasteiger partial charge < -0.3 is 15.3 Å². The number of pyridine rings is 1. The molecule has 0 amide bonds. The SMILES string of the molecule is Cc1cc(C#N)c(NC[C@@H](O)CN(C)C)nc1C. The Bertz CT molecular complexity index is 451. The molecule has 1 aromatic heterocycles. The number of nitriles is 1. The number of nitrogens with zero attached hydrogens (tertiary/aromatic N) is 3. The average molecular weight is 248 g/mol. The number of anilines is 1. The quantitative estimate of drug-likeness (QED) is 0.810. The van der Waals surface area contributed by atoms with E-state index in [-0.39, 0.29) is 0 Å². The molecule has 18 heavy (non-hydrogen) atoms. The van der Waals surface area contributed by atoms with E-state index < -0.39 is 6.10 Å². The van der Waals surface area contributed by atoms with Gasteiger partial charge in [0.25, 0.3) is 0 Å².